The first-order valence-electron chi connectivity index (χ1n) is 9.91. The van der Waals surface area contributed by atoms with Crippen LogP contribution in [0.15, 0.2) is 30.3 Å². The molecule has 0 bridgehead atoms. The first-order valence-corrected chi connectivity index (χ1v) is 9.91. The van der Waals surface area contributed by atoms with E-state index in [-0.39, 0.29) is 36.8 Å². The van der Waals surface area contributed by atoms with Crippen molar-refractivity contribution in [3.63, 3.8) is 0 Å². The van der Waals surface area contributed by atoms with E-state index in [1.54, 1.807) is 21.9 Å². The molecule has 2 saturated heterocycles. The summed E-state index contributed by atoms with van der Waals surface area (Å²) >= 11 is 0. The molecule has 0 aromatic heterocycles. The van der Waals surface area contributed by atoms with E-state index in [4.69, 9.17) is 4.74 Å². The number of aliphatic carboxylic acids is 1. The summed E-state index contributed by atoms with van der Waals surface area (Å²) in [7, 11) is 0. The van der Waals surface area contributed by atoms with Gasteiger partial charge in [0.25, 0.3) is 5.91 Å². The fourth-order valence-electron chi connectivity index (χ4n) is 4.13. The lowest BCUT2D eigenvalue weighted by molar-refractivity contribution is -0.149. The molecule has 2 aliphatic heterocycles. The van der Waals surface area contributed by atoms with E-state index in [1.807, 2.05) is 25.1 Å². The van der Waals surface area contributed by atoms with Crippen molar-refractivity contribution in [2.24, 2.45) is 17.8 Å². The van der Waals surface area contributed by atoms with Gasteiger partial charge in [0, 0.05) is 26.2 Å². The highest BCUT2D eigenvalue weighted by molar-refractivity contribution is 5.82. The van der Waals surface area contributed by atoms with Gasteiger partial charge in [-0.25, -0.2) is 0 Å². The number of hydrogen-bond acceptors (Lipinski definition) is 4. The molecule has 28 heavy (non-hydrogen) atoms. The van der Waals surface area contributed by atoms with Crippen LogP contribution < -0.4 is 4.74 Å². The molecule has 1 N–H and O–H groups in total. The Morgan fingerprint density at radius 3 is 2.50 bits per heavy atom. The summed E-state index contributed by atoms with van der Waals surface area (Å²) in [5.41, 5.74) is 0. The molecule has 0 aliphatic carbocycles. The Labute approximate surface area is 165 Å². The molecular weight excluding hydrogens is 360 g/mol. The second-order valence-corrected chi connectivity index (χ2v) is 7.90. The number of nitrogens with zero attached hydrogens (tertiary/aromatic N) is 2. The Kier molecular flexibility index (Phi) is 6.54. The van der Waals surface area contributed by atoms with Gasteiger partial charge in [0.1, 0.15) is 5.75 Å². The third-order valence-electron chi connectivity index (χ3n) is 5.55. The SMILES string of the molecule is CC1CC(C(=O)O)CN(C(=O)C2CCCN(C(=O)COc3ccccc3)C2)C1. The lowest BCUT2D eigenvalue weighted by Gasteiger charge is -2.39. The Morgan fingerprint density at radius 1 is 1.07 bits per heavy atom. The number of carboxylic acid groups (broad SMARTS) is 1. The quantitative estimate of drug-likeness (QED) is 0.832. The van der Waals surface area contributed by atoms with Crippen LogP contribution in [-0.2, 0) is 14.4 Å². The minimum atomic E-state index is -0.845. The highest BCUT2D eigenvalue weighted by Gasteiger charge is 2.36. The van der Waals surface area contributed by atoms with Crippen LogP contribution in [-0.4, -0.2) is 65.5 Å². The van der Waals surface area contributed by atoms with Crippen molar-refractivity contribution in [2.75, 3.05) is 32.8 Å². The molecule has 1 aromatic carbocycles. The summed E-state index contributed by atoms with van der Waals surface area (Å²) in [4.78, 5) is 40.2. The lowest BCUT2D eigenvalue weighted by Crippen LogP contribution is -2.51. The second kappa shape index (κ2) is 9.08. The Morgan fingerprint density at radius 2 is 1.79 bits per heavy atom. The maximum atomic E-state index is 13.0. The molecule has 152 valence electrons. The molecule has 2 amide bonds. The Balaban J connectivity index is 1.55. The monoisotopic (exact) mass is 388 g/mol. The van der Waals surface area contributed by atoms with Crippen LogP contribution in [0.3, 0.4) is 0 Å². The maximum Gasteiger partial charge on any atom is 0.308 e. The van der Waals surface area contributed by atoms with Crippen LogP contribution in [0.25, 0.3) is 0 Å². The summed E-state index contributed by atoms with van der Waals surface area (Å²) in [6.07, 6.45) is 2.09. The van der Waals surface area contributed by atoms with Gasteiger partial charge in [-0.1, -0.05) is 25.1 Å². The van der Waals surface area contributed by atoms with Gasteiger partial charge in [-0.15, -0.1) is 0 Å². The fourth-order valence-corrected chi connectivity index (χ4v) is 4.13. The van der Waals surface area contributed by atoms with Gasteiger partial charge in [-0.3, -0.25) is 14.4 Å². The number of ether oxygens (including phenoxy) is 1. The van der Waals surface area contributed by atoms with Gasteiger partial charge in [0.2, 0.25) is 5.91 Å². The lowest BCUT2D eigenvalue weighted by atomic mass is 9.88. The smallest absolute Gasteiger partial charge is 0.308 e. The predicted octanol–water partition coefficient (Wildman–Crippen LogP) is 1.87. The van der Waals surface area contributed by atoms with Crippen LogP contribution in [0.5, 0.6) is 5.75 Å². The first kappa shape index (κ1) is 20.2. The minimum Gasteiger partial charge on any atom is -0.484 e. The Bertz CT molecular complexity index is 708. The van der Waals surface area contributed by atoms with E-state index < -0.39 is 11.9 Å². The van der Waals surface area contributed by atoms with Gasteiger partial charge in [0.15, 0.2) is 6.61 Å². The normalized spacial score (nSPS) is 25.2. The molecule has 0 spiro atoms. The number of para-hydroxylation sites is 1. The molecule has 1 aromatic rings. The summed E-state index contributed by atoms with van der Waals surface area (Å²) in [5, 5.41) is 9.33. The molecule has 2 aliphatic rings. The number of benzene rings is 1. The van der Waals surface area contributed by atoms with Crippen molar-refractivity contribution in [1.82, 2.24) is 9.80 Å². The van der Waals surface area contributed by atoms with Gasteiger partial charge in [-0.2, -0.15) is 0 Å². The average molecular weight is 388 g/mol. The summed E-state index contributed by atoms with van der Waals surface area (Å²) in [6, 6.07) is 9.17. The summed E-state index contributed by atoms with van der Waals surface area (Å²) in [6.45, 7) is 3.78. The standard InChI is InChI=1S/C21H28N2O5/c1-15-10-17(21(26)27)13-23(11-15)20(25)16-6-5-9-22(12-16)19(24)14-28-18-7-3-2-4-8-18/h2-4,7-8,15-17H,5-6,9-14H2,1H3,(H,26,27). The van der Waals surface area contributed by atoms with Crippen LogP contribution in [0, 0.1) is 17.8 Å². The number of carbonyl (C=O) groups is 3. The minimum absolute atomic E-state index is 0.0284. The van der Waals surface area contributed by atoms with Crippen LogP contribution in [0.4, 0.5) is 0 Å². The molecule has 0 saturated carbocycles. The maximum absolute atomic E-state index is 13.0. The van der Waals surface area contributed by atoms with Gasteiger partial charge in [-0.05, 0) is 37.3 Å². The number of carboxylic acids is 1. The number of carbonyl (C=O) groups excluding carboxylic acids is 2. The topological polar surface area (TPSA) is 87.2 Å². The third kappa shape index (κ3) is 5.03. The molecule has 2 heterocycles. The van der Waals surface area contributed by atoms with Crippen molar-refractivity contribution >= 4 is 17.8 Å². The molecule has 7 heteroatoms. The van der Waals surface area contributed by atoms with E-state index >= 15 is 0 Å². The van der Waals surface area contributed by atoms with Crippen molar-refractivity contribution in [2.45, 2.75) is 26.2 Å². The van der Waals surface area contributed by atoms with Crippen LogP contribution in [0.1, 0.15) is 26.2 Å². The zero-order valence-corrected chi connectivity index (χ0v) is 16.3. The zero-order chi connectivity index (χ0) is 20.1. The zero-order valence-electron chi connectivity index (χ0n) is 16.3. The van der Waals surface area contributed by atoms with Gasteiger partial charge < -0.3 is 19.6 Å². The molecule has 3 unspecified atom stereocenters. The van der Waals surface area contributed by atoms with Crippen LogP contribution in [0.2, 0.25) is 0 Å². The number of likely N-dealkylation sites (tertiary alicyclic amines) is 2. The highest BCUT2D eigenvalue weighted by atomic mass is 16.5. The largest absolute Gasteiger partial charge is 0.484 e. The van der Waals surface area contributed by atoms with Crippen molar-refractivity contribution < 1.29 is 24.2 Å². The second-order valence-electron chi connectivity index (χ2n) is 7.90. The van der Waals surface area contributed by atoms with E-state index in [2.05, 4.69) is 0 Å². The fraction of sp³-hybridized carbons (Fsp3) is 0.571. The van der Waals surface area contributed by atoms with Crippen molar-refractivity contribution in [3.8, 4) is 5.75 Å². The van der Waals surface area contributed by atoms with Crippen LogP contribution >= 0.6 is 0 Å². The molecule has 7 nitrogen and oxygen atoms in total. The van der Waals surface area contributed by atoms with Gasteiger partial charge >= 0.3 is 5.97 Å². The summed E-state index contributed by atoms with van der Waals surface area (Å²) < 4.78 is 5.54. The number of amides is 2. The van der Waals surface area contributed by atoms with E-state index in [9.17, 15) is 19.5 Å². The van der Waals surface area contributed by atoms with E-state index in [1.165, 1.54) is 0 Å². The first-order chi connectivity index (χ1) is 13.4. The molecule has 3 atom stereocenters. The van der Waals surface area contributed by atoms with Crippen molar-refractivity contribution in [3.05, 3.63) is 30.3 Å². The third-order valence-corrected chi connectivity index (χ3v) is 5.55. The number of hydrogen-bond donors (Lipinski definition) is 1. The average Bonchev–Trinajstić information content (AvgIpc) is 2.71. The molecule has 0 radical (unpaired) electrons. The van der Waals surface area contributed by atoms with Gasteiger partial charge in [0.05, 0.1) is 11.8 Å². The number of piperidine rings is 2. The van der Waals surface area contributed by atoms with E-state index in [0.29, 0.717) is 31.8 Å². The Hall–Kier alpha value is -2.57. The van der Waals surface area contributed by atoms with E-state index in [0.717, 1.165) is 12.8 Å². The van der Waals surface area contributed by atoms with Crippen molar-refractivity contribution in [1.29, 1.82) is 0 Å². The summed E-state index contributed by atoms with van der Waals surface area (Å²) in [5.74, 6) is -0.969. The number of rotatable bonds is 5. The molecule has 3 rings (SSSR count). The molecule has 2 fully saturated rings. The highest BCUT2D eigenvalue weighted by Crippen LogP contribution is 2.26. The molecular formula is C21H28N2O5. The predicted molar refractivity (Wildman–Crippen MR) is 103 cm³/mol.